The Morgan fingerprint density at radius 1 is 0.720 bits per heavy atom. The molecule has 2 heterocycles. The van der Waals surface area contributed by atoms with Crippen molar-refractivity contribution >= 4 is 0 Å². The molecule has 148 valence electrons. The summed E-state index contributed by atoms with van der Waals surface area (Å²) in [4.78, 5) is 0. The van der Waals surface area contributed by atoms with Gasteiger partial charge in [0.1, 0.15) is 0 Å². The summed E-state index contributed by atoms with van der Waals surface area (Å²) >= 11 is 0. The minimum absolute atomic E-state index is 0.278. The van der Waals surface area contributed by atoms with E-state index >= 15 is 0 Å². The normalized spacial score (nSPS) is 26.2. The molecule has 4 atom stereocenters. The zero-order chi connectivity index (χ0) is 17.7. The molecule has 25 heavy (non-hydrogen) atoms. The summed E-state index contributed by atoms with van der Waals surface area (Å²) in [5.41, 5.74) is 0. The highest BCUT2D eigenvalue weighted by atomic mass is 16.6. The molecular weight excluding hydrogens is 312 g/mol. The minimum Gasteiger partial charge on any atom is -0.376 e. The van der Waals surface area contributed by atoms with E-state index in [1.807, 2.05) is 0 Å². The molecule has 0 spiro atoms. The van der Waals surface area contributed by atoms with E-state index in [0.29, 0.717) is 12.2 Å². The van der Waals surface area contributed by atoms with Gasteiger partial charge in [0, 0.05) is 13.2 Å². The first-order valence-electron chi connectivity index (χ1n) is 11.2. The lowest BCUT2D eigenvalue weighted by atomic mass is 10.00. The Bertz CT molecular complexity index is 278. The van der Waals surface area contributed by atoms with Crippen molar-refractivity contribution in [3.05, 3.63) is 0 Å². The van der Waals surface area contributed by atoms with Gasteiger partial charge in [0.25, 0.3) is 0 Å². The van der Waals surface area contributed by atoms with Crippen LogP contribution in [0, 0.1) is 0 Å². The summed E-state index contributed by atoms with van der Waals surface area (Å²) < 4.78 is 18.8. The lowest BCUT2D eigenvalue weighted by Gasteiger charge is -2.31. The first-order chi connectivity index (χ1) is 12.3. The average molecular weight is 355 g/mol. The second-order valence-corrected chi connectivity index (χ2v) is 8.01. The Hall–Kier alpha value is -0.120. The van der Waals surface area contributed by atoms with Crippen LogP contribution in [0.15, 0.2) is 0 Å². The van der Waals surface area contributed by atoms with Crippen LogP contribution in [-0.2, 0) is 14.2 Å². The van der Waals surface area contributed by atoms with Crippen molar-refractivity contribution in [2.75, 3.05) is 13.2 Å². The smallest absolute Gasteiger partial charge is 0.0841 e. The van der Waals surface area contributed by atoms with Crippen LogP contribution in [0.25, 0.3) is 0 Å². The number of rotatable bonds is 14. The fraction of sp³-hybridized carbons (Fsp3) is 1.00. The Kier molecular flexibility index (Phi) is 11.1. The molecule has 2 fully saturated rings. The zero-order valence-corrected chi connectivity index (χ0v) is 16.8. The Morgan fingerprint density at radius 2 is 1.20 bits per heavy atom. The van der Waals surface area contributed by atoms with Crippen LogP contribution >= 0.6 is 0 Å². The third-order valence-electron chi connectivity index (χ3n) is 5.79. The molecule has 0 aromatic rings. The van der Waals surface area contributed by atoms with Gasteiger partial charge < -0.3 is 14.2 Å². The maximum Gasteiger partial charge on any atom is 0.0841 e. The molecule has 0 aromatic heterocycles. The van der Waals surface area contributed by atoms with Crippen LogP contribution in [0.1, 0.15) is 104 Å². The molecule has 0 N–H and O–H groups in total. The van der Waals surface area contributed by atoms with E-state index in [1.165, 1.54) is 77.0 Å². The summed E-state index contributed by atoms with van der Waals surface area (Å²) in [6, 6.07) is 0. The van der Waals surface area contributed by atoms with Crippen LogP contribution in [-0.4, -0.2) is 37.6 Å². The molecule has 0 aliphatic carbocycles. The summed E-state index contributed by atoms with van der Waals surface area (Å²) in [7, 11) is 0. The van der Waals surface area contributed by atoms with Gasteiger partial charge in [0.05, 0.1) is 24.4 Å². The van der Waals surface area contributed by atoms with Gasteiger partial charge in [-0.25, -0.2) is 0 Å². The first-order valence-corrected chi connectivity index (χ1v) is 11.2. The quantitative estimate of drug-likeness (QED) is 0.356. The largest absolute Gasteiger partial charge is 0.376 e. The van der Waals surface area contributed by atoms with E-state index in [9.17, 15) is 0 Å². The van der Waals surface area contributed by atoms with Crippen molar-refractivity contribution in [2.24, 2.45) is 0 Å². The standard InChI is InChI=1S/C22H42O3/c1-3-5-7-9-13-21(19-15-11-17-23-19)25-22(14-10-8-6-4-2)20-16-12-18-24-20/h19-22H,3-18H2,1-2H3. The van der Waals surface area contributed by atoms with Crippen LogP contribution in [0.3, 0.4) is 0 Å². The lowest BCUT2D eigenvalue weighted by Crippen LogP contribution is -2.38. The highest BCUT2D eigenvalue weighted by Gasteiger charge is 2.33. The monoisotopic (exact) mass is 354 g/mol. The van der Waals surface area contributed by atoms with Crippen molar-refractivity contribution in [1.82, 2.24) is 0 Å². The maximum atomic E-state index is 6.73. The molecule has 4 unspecified atom stereocenters. The van der Waals surface area contributed by atoms with E-state index in [0.717, 1.165) is 26.1 Å². The van der Waals surface area contributed by atoms with Crippen LogP contribution in [0.5, 0.6) is 0 Å². The van der Waals surface area contributed by atoms with Gasteiger partial charge in [-0.15, -0.1) is 0 Å². The molecule has 2 rings (SSSR count). The summed E-state index contributed by atoms with van der Waals surface area (Å²) in [5, 5.41) is 0. The number of ether oxygens (including phenoxy) is 3. The predicted octanol–water partition coefficient (Wildman–Crippen LogP) is 6.04. The SMILES string of the molecule is CCCCCCC(OC(CCCCCC)C1CCCO1)C1CCCO1. The van der Waals surface area contributed by atoms with Crippen molar-refractivity contribution in [3.8, 4) is 0 Å². The third kappa shape index (κ3) is 7.97. The Balaban J connectivity index is 1.86. The molecule has 2 aliphatic heterocycles. The second-order valence-electron chi connectivity index (χ2n) is 8.01. The summed E-state index contributed by atoms with van der Waals surface area (Å²) in [5.74, 6) is 0. The van der Waals surface area contributed by atoms with Crippen LogP contribution in [0.4, 0.5) is 0 Å². The van der Waals surface area contributed by atoms with Gasteiger partial charge in [0.15, 0.2) is 0 Å². The molecule has 3 nitrogen and oxygen atoms in total. The number of unbranched alkanes of at least 4 members (excludes halogenated alkanes) is 6. The van der Waals surface area contributed by atoms with E-state index < -0.39 is 0 Å². The third-order valence-corrected chi connectivity index (χ3v) is 5.79. The Labute approximate surface area is 156 Å². The van der Waals surface area contributed by atoms with Crippen LogP contribution < -0.4 is 0 Å². The number of hydrogen-bond donors (Lipinski definition) is 0. The van der Waals surface area contributed by atoms with Gasteiger partial charge in [-0.2, -0.15) is 0 Å². The molecular formula is C22H42O3. The van der Waals surface area contributed by atoms with Crippen molar-refractivity contribution in [2.45, 2.75) is 128 Å². The maximum absolute atomic E-state index is 6.73. The van der Waals surface area contributed by atoms with Gasteiger partial charge in [-0.05, 0) is 38.5 Å². The molecule has 2 aliphatic rings. The fourth-order valence-corrected chi connectivity index (χ4v) is 4.24. The van der Waals surface area contributed by atoms with Crippen molar-refractivity contribution < 1.29 is 14.2 Å². The van der Waals surface area contributed by atoms with E-state index in [2.05, 4.69) is 13.8 Å². The molecule has 0 radical (unpaired) electrons. The minimum atomic E-state index is 0.278. The topological polar surface area (TPSA) is 27.7 Å². The van der Waals surface area contributed by atoms with E-state index in [4.69, 9.17) is 14.2 Å². The molecule has 3 heteroatoms. The fourth-order valence-electron chi connectivity index (χ4n) is 4.24. The first kappa shape index (κ1) is 21.2. The van der Waals surface area contributed by atoms with Crippen LogP contribution in [0.2, 0.25) is 0 Å². The second kappa shape index (κ2) is 13.1. The van der Waals surface area contributed by atoms with Crippen molar-refractivity contribution in [3.63, 3.8) is 0 Å². The van der Waals surface area contributed by atoms with Gasteiger partial charge in [0.2, 0.25) is 0 Å². The summed E-state index contributed by atoms with van der Waals surface area (Å²) in [6.07, 6.45) is 18.7. The molecule has 0 aromatic carbocycles. The number of hydrogen-bond acceptors (Lipinski definition) is 3. The molecule has 0 bridgehead atoms. The predicted molar refractivity (Wildman–Crippen MR) is 104 cm³/mol. The van der Waals surface area contributed by atoms with Crippen molar-refractivity contribution in [1.29, 1.82) is 0 Å². The van der Waals surface area contributed by atoms with E-state index in [-0.39, 0.29) is 12.2 Å². The van der Waals surface area contributed by atoms with E-state index in [1.54, 1.807) is 0 Å². The average Bonchev–Trinajstić information content (AvgIpc) is 3.33. The molecule has 2 saturated heterocycles. The van der Waals surface area contributed by atoms with Gasteiger partial charge in [-0.3, -0.25) is 0 Å². The highest BCUT2D eigenvalue weighted by Crippen LogP contribution is 2.28. The molecule has 0 saturated carbocycles. The summed E-state index contributed by atoms with van der Waals surface area (Å²) in [6.45, 7) is 6.39. The lowest BCUT2D eigenvalue weighted by molar-refractivity contribution is -0.128. The highest BCUT2D eigenvalue weighted by molar-refractivity contribution is 4.81. The Morgan fingerprint density at radius 3 is 1.56 bits per heavy atom. The molecule has 0 amide bonds. The zero-order valence-electron chi connectivity index (χ0n) is 16.8. The van der Waals surface area contributed by atoms with Gasteiger partial charge in [-0.1, -0.05) is 65.2 Å². The van der Waals surface area contributed by atoms with Gasteiger partial charge >= 0.3 is 0 Å².